The van der Waals surface area contributed by atoms with E-state index < -0.39 is 9.05 Å². The van der Waals surface area contributed by atoms with Gasteiger partial charge in [-0.2, -0.15) is 0 Å². The minimum Gasteiger partial charge on any atom is -0.457 e. The number of halogens is 1. The summed E-state index contributed by atoms with van der Waals surface area (Å²) in [5.41, 5.74) is 3.60. The Balaban J connectivity index is 1.84. The second-order valence-corrected chi connectivity index (χ2v) is 9.46. The number of aryl methyl sites for hydroxylation is 3. The average Bonchev–Trinajstić information content (AvgIpc) is 2.94. The molecule has 0 aliphatic heterocycles. The van der Waals surface area contributed by atoms with Crippen LogP contribution in [0.5, 0.6) is 11.5 Å². The van der Waals surface area contributed by atoms with Crippen LogP contribution in [0.4, 0.5) is 0 Å². The largest absolute Gasteiger partial charge is 0.457 e. The quantitative estimate of drug-likeness (QED) is 0.552. The maximum absolute atomic E-state index is 11.5. The predicted molar refractivity (Wildman–Crippen MR) is 101 cm³/mol. The van der Waals surface area contributed by atoms with Crippen LogP contribution < -0.4 is 4.74 Å². The fraction of sp³-hybridized carbons (Fsp3) is 0.167. The third-order valence-electron chi connectivity index (χ3n) is 3.79. The first-order valence-electron chi connectivity index (χ1n) is 7.51. The molecule has 2 aromatic carbocycles. The number of aromatic nitrogens is 1. The Labute approximate surface area is 155 Å². The van der Waals surface area contributed by atoms with Crippen LogP contribution in [-0.2, 0) is 9.05 Å². The summed E-state index contributed by atoms with van der Waals surface area (Å²) in [5, 5.41) is 0.606. The topological polar surface area (TPSA) is 56.3 Å². The number of thiazole rings is 1. The normalized spacial score (nSPS) is 11.5. The molecule has 1 heterocycles. The molecule has 4 nitrogen and oxygen atoms in total. The van der Waals surface area contributed by atoms with E-state index >= 15 is 0 Å². The van der Waals surface area contributed by atoms with Crippen molar-refractivity contribution in [2.45, 2.75) is 25.0 Å². The van der Waals surface area contributed by atoms with Gasteiger partial charge in [0.15, 0.2) is 4.21 Å². The third-order valence-corrected chi connectivity index (χ3v) is 7.18. The first-order chi connectivity index (χ1) is 11.7. The van der Waals surface area contributed by atoms with Crippen LogP contribution in [0.3, 0.4) is 0 Å². The van der Waals surface area contributed by atoms with Gasteiger partial charge in [-0.3, -0.25) is 0 Å². The predicted octanol–water partition coefficient (Wildman–Crippen LogP) is 5.46. The Bertz CT molecular complexity index is 1020. The Kier molecular flexibility index (Phi) is 4.86. The lowest BCUT2D eigenvalue weighted by Crippen LogP contribution is -1.88. The van der Waals surface area contributed by atoms with E-state index in [9.17, 15) is 8.42 Å². The number of hydrogen-bond acceptors (Lipinski definition) is 5. The third kappa shape index (κ3) is 4.03. The van der Waals surface area contributed by atoms with E-state index in [2.05, 4.69) is 11.9 Å². The zero-order valence-electron chi connectivity index (χ0n) is 13.9. The SMILES string of the molecule is Cc1ccc(Oc2ccc(-c3nc(C)c(S(=O)(=O)Cl)s3)cc2)cc1C. The van der Waals surface area contributed by atoms with Crippen molar-refractivity contribution in [3.05, 3.63) is 59.3 Å². The second kappa shape index (κ2) is 6.78. The molecule has 0 atom stereocenters. The molecule has 0 spiro atoms. The van der Waals surface area contributed by atoms with Crippen LogP contribution in [0.1, 0.15) is 16.8 Å². The van der Waals surface area contributed by atoms with Gasteiger partial charge in [-0.1, -0.05) is 6.07 Å². The molecule has 0 fully saturated rings. The molecule has 0 saturated heterocycles. The summed E-state index contributed by atoms with van der Waals surface area (Å²) in [7, 11) is 1.65. The van der Waals surface area contributed by atoms with Crippen LogP contribution in [0.2, 0.25) is 0 Å². The van der Waals surface area contributed by atoms with Gasteiger partial charge in [0.25, 0.3) is 9.05 Å². The summed E-state index contributed by atoms with van der Waals surface area (Å²) in [4.78, 5) is 4.30. The molecule has 25 heavy (non-hydrogen) atoms. The highest BCUT2D eigenvalue weighted by atomic mass is 35.7. The van der Waals surface area contributed by atoms with Gasteiger partial charge in [-0.25, -0.2) is 13.4 Å². The standard InChI is InChI=1S/C18H16ClNO3S2/c1-11-4-7-16(10-12(11)2)23-15-8-5-14(6-9-15)17-20-13(3)18(24-17)25(19,21)22/h4-10H,1-3H3. The molecule has 0 saturated carbocycles. The van der Waals surface area contributed by atoms with E-state index in [1.54, 1.807) is 6.92 Å². The Hall–Kier alpha value is -1.89. The van der Waals surface area contributed by atoms with Crippen molar-refractivity contribution in [1.82, 2.24) is 4.98 Å². The Morgan fingerprint density at radius 3 is 2.16 bits per heavy atom. The van der Waals surface area contributed by atoms with Gasteiger partial charge < -0.3 is 4.74 Å². The zero-order chi connectivity index (χ0) is 18.2. The number of rotatable bonds is 4. The fourth-order valence-corrected chi connectivity index (χ4v) is 4.77. The minimum absolute atomic E-state index is 0.0830. The number of hydrogen-bond donors (Lipinski definition) is 0. The molecule has 0 aliphatic carbocycles. The lowest BCUT2D eigenvalue weighted by Gasteiger charge is -2.08. The summed E-state index contributed by atoms with van der Waals surface area (Å²) >= 11 is 1.06. The fourth-order valence-electron chi connectivity index (χ4n) is 2.31. The van der Waals surface area contributed by atoms with E-state index in [1.807, 2.05) is 49.4 Å². The minimum atomic E-state index is -3.77. The monoisotopic (exact) mass is 393 g/mol. The molecule has 0 bridgehead atoms. The van der Waals surface area contributed by atoms with Gasteiger partial charge in [-0.15, -0.1) is 11.3 Å². The number of nitrogens with zero attached hydrogens (tertiary/aromatic N) is 1. The van der Waals surface area contributed by atoms with E-state index in [0.717, 1.165) is 22.6 Å². The van der Waals surface area contributed by atoms with Gasteiger partial charge in [0.05, 0.1) is 5.69 Å². The molecule has 0 amide bonds. The Morgan fingerprint density at radius 1 is 0.960 bits per heavy atom. The van der Waals surface area contributed by atoms with Crippen molar-refractivity contribution in [1.29, 1.82) is 0 Å². The highest BCUT2D eigenvalue weighted by molar-refractivity contribution is 8.15. The van der Waals surface area contributed by atoms with E-state index in [4.69, 9.17) is 15.4 Å². The van der Waals surface area contributed by atoms with Gasteiger partial charge in [0, 0.05) is 16.2 Å². The smallest absolute Gasteiger partial charge is 0.272 e. The number of ether oxygens (including phenoxy) is 1. The van der Waals surface area contributed by atoms with Crippen LogP contribution in [0.25, 0.3) is 10.6 Å². The lowest BCUT2D eigenvalue weighted by molar-refractivity contribution is 0.482. The first kappa shape index (κ1) is 17.9. The van der Waals surface area contributed by atoms with Crippen molar-refractivity contribution in [3.63, 3.8) is 0 Å². The molecule has 1 aromatic heterocycles. The van der Waals surface area contributed by atoms with Crippen LogP contribution >= 0.6 is 22.0 Å². The van der Waals surface area contributed by atoms with Crippen LogP contribution in [-0.4, -0.2) is 13.4 Å². The van der Waals surface area contributed by atoms with E-state index in [-0.39, 0.29) is 4.21 Å². The summed E-state index contributed by atoms with van der Waals surface area (Å²) in [5.74, 6) is 1.47. The molecule has 130 valence electrons. The summed E-state index contributed by atoms with van der Waals surface area (Å²) in [6.07, 6.45) is 0. The van der Waals surface area contributed by atoms with Gasteiger partial charge in [0.2, 0.25) is 0 Å². The lowest BCUT2D eigenvalue weighted by atomic mass is 10.1. The van der Waals surface area contributed by atoms with E-state index in [1.165, 1.54) is 11.1 Å². The molecule has 0 N–H and O–H groups in total. The molecule has 0 unspecified atom stereocenters. The maximum atomic E-state index is 11.5. The molecule has 0 aliphatic rings. The molecule has 3 aromatic rings. The highest BCUT2D eigenvalue weighted by Crippen LogP contribution is 2.34. The molecular weight excluding hydrogens is 378 g/mol. The maximum Gasteiger partial charge on any atom is 0.272 e. The first-order valence-corrected chi connectivity index (χ1v) is 10.6. The Morgan fingerprint density at radius 2 is 1.60 bits per heavy atom. The average molecular weight is 394 g/mol. The van der Waals surface area contributed by atoms with Crippen molar-refractivity contribution in [2.75, 3.05) is 0 Å². The summed E-state index contributed by atoms with van der Waals surface area (Å²) in [6.45, 7) is 5.73. The molecular formula is C18H16ClNO3S2. The molecule has 7 heteroatoms. The molecule has 0 radical (unpaired) electrons. The van der Waals surface area contributed by atoms with Crippen molar-refractivity contribution >= 4 is 31.1 Å². The zero-order valence-corrected chi connectivity index (χ0v) is 16.3. The van der Waals surface area contributed by atoms with Gasteiger partial charge in [-0.05, 0) is 68.3 Å². The number of benzene rings is 2. The highest BCUT2D eigenvalue weighted by Gasteiger charge is 2.19. The van der Waals surface area contributed by atoms with E-state index in [0.29, 0.717) is 16.5 Å². The van der Waals surface area contributed by atoms with Gasteiger partial charge in [0.1, 0.15) is 16.5 Å². The summed E-state index contributed by atoms with van der Waals surface area (Å²) < 4.78 is 29.0. The van der Waals surface area contributed by atoms with Crippen molar-refractivity contribution in [3.8, 4) is 22.1 Å². The summed E-state index contributed by atoms with van der Waals surface area (Å²) in [6, 6.07) is 13.3. The van der Waals surface area contributed by atoms with Crippen molar-refractivity contribution in [2.24, 2.45) is 0 Å². The van der Waals surface area contributed by atoms with Crippen LogP contribution in [0, 0.1) is 20.8 Å². The molecule has 3 rings (SSSR count). The van der Waals surface area contributed by atoms with Crippen LogP contribution in [0.15, 0.2) is 46.7 Å². The van der Waals surface area contributed by atoms with Crippen molar-refractivity contribution < 1.29 is 13.2 Å². The second-order valence-electron chi connectivity index (χ2n) is 5.70. The van der Waals surface area contributed by atoms with Gasteiger partial charge >= 0.3 is 0 Å².